The average Bonchev–Trinajstić information content (AvgIpc) is 3.16. The number of rotatable bonds is 5. The van der Waals surface area contributed by atoms with Gasteiger partial charge in [-0.1, -0.05) is 35.5 Å². The van der Waals surface area contributed by atoms with Gasteiger partial charge in [-0.2, -0.15) is 0 Å². The number of nitrogens with one attached hydrogen (secondary N) is 1. The van der Waals surface area contributed by atoms with Gasteiger partial charge in [-0.3, -0.25) is 4.79 Å². The summed E-state index contributed by atoms with van der Waals surface area (Å²) in [6, 6.07) is 15.7. The molecule has 4 rings (SSSR count). The molecule has 6 heteroatoms. The summed E-state index contributed by atoms with van der Waals surface area (Å²) in [5.74, 6) is 0.425. The molecule has 1 atom stereocenters. The third kappa shape index (κ3) is 4.16. The monoisotopic (exact) mass is 366 g/mol. The second-order valence-electron chi connectivity index (χ2n) is 6.58. The number of benzene rings is 2. The Morgan fingerprint density at radius 1 is 1.19 bits per heavy atom. The molecule has 5 nitrogen and oxygen atoms in total. The van der Waals surface area contributed by atoms with E-state index in [0.717, 1.165) is 24.2 Å². The molecule has 0 saturated carbocycles. The Hall–Kier alpha value is -3.15. The Kier molecular flexibility index (Phi) is 4.87. The van der Waals surface area contributed by atoms with Gasteiger partial charge >= 0.3 is 0 Å². The van der Waals surface area contributed by atoms with Crippen LogP contribution in [0.25, 0.3) is 0 Å². The molecule has 0 saturated heterocycles. The maximum absolute atomic E-state index is 13.0. The largest absolute Gasteiger partial charge is 0.488 e. The molecule has 0 bridgehead atoms. The van der Waals surface area contributed by atoms with E-state index in [1.165, 1.54) is 17.7 Å². The fourth-order valence-corrected chi connectivity index (χ4v) is 3.13. The zero-order chi connectivity index (χ0) is 18.6. The van der Waals surface area contributed by atoms with Crippen LogP contribution in [0.5, 0.6) is 5.75 Å². The maximum atomic E-state index is 13.0. The average molecular weight is 366 g/mol. The van der Waals surface area contributed by atoms with Crippen LogP contribution < -0.4 is 10.1 Å². The number of fused-ring (bicyclic) bond motifs is 1. The van der Waals surface area contributed by atoms with Crippen molar-refractivity contribution in [1.82, 2.24) is 10.5 Å². The summed E-state index contributed by atoms with van der Waals surface area (Å²) in [5, 5.41) is 6.76. The summed E-state index contributed by atoms with van der Waals surface area (Å²) in [7, 11) is 0. The number of aromatic nitrogens is 1. The number of amides is 1. The Morgan fingerprint density at radius 2 is 2.00 bits per heavy atom. The lowest BCUT2D eigenvalue weighted by Crippen LogP contribution is -2.37. The first kappa shape index (κ1) is 17.3. The zero-order valence-corrected chi connectivity index (χ0v) is 14.7. The number of carbonyl (C=O) groups is 1. The van der Waals surface area contributed by atoms with Gasteiger partial charge in [-0.05, 0) is 42.2 Å². The number of halogens is 1. The Labute approximate surface area is 156 Å². The molecule has 1 N–H and O–H groups in total. The van der Waals surface area contributed by atoms with Crippen molar-refractivity contribution in [1.29, 1.82) is 0 Å². The van der Waals surface area contributed by atoms with Crippen LogP contribution in [-0.2, 0) is 12.8 Å². The molecule has 1 aromatic heterocycles. The summed E-state index contributed by atoms with van der Waals surface area (Å²) in [5.41, 5.74) is 2.71. The molecule has 2 heterocycles. The molecule has 2 aromatic carbocycles. The van der Waals surface area contributed by atoms with Gasteiger partial charge in [0, 0.05) is 12.5 Å². The molecule has 27 heavy (non-hydrogen) atoms. The number of carbonyl (C=O) groups excluding carboxylic acids is 1. The summed E-state index contributed by atoms with van der Waals surface area (Å²) in [6.07, 6.45) is 2.19. The van der Waals surface area contributed by atoms with E-state index < -0.39 is 0 Å². The van der Waals surface area contributed by atoms with Crippen LogP contribution >= 0.6 is 0 Å². The molecule has 0 radical (unpaired) electrons. The number of ether oxygens (including phenoxy) is 1. The van der Waals surface area contributed by atoms with Crippen molar-refractivity contribution in [2.45, 2.75) is 25.4 Å². The summed E-state index contributed by atoms with van der Waals surface area (Å²) in [4.78, 5) is 12.3. The standard InChI is InChI=1S/C21H19FN2O3/c22-16-8-5-14(6-9-16)11-17-12-20(27-24-17)21(25)23-13-18-10-7-15-3-1-2-4-19(15)26-18/h1-6,8-9,12,18H,7,10-11,13H2,(H,23,25)/t18-/m1/s1. The second-order valence-corrected chi connectivity index (χ2v) is 6.58. The van der Waals surface area contributed by atoms with E-state index in [9.17, 15) is 9.18 Å². The molecule has 3 aromatic rings. The first-order valence-electron chi connectivity index (χ1n) is 8.90. The van der Waals surface area contributed by atoms with E-state index in [2.05, 4.69) is 16.5 Å². The lowest BCUT2D eigenvalue weighted by atomic mass is 10.0. The molecular weight excluding hydrogens is 347 g/mol. The minimum absolute atomic E-state index is 0.0644. The van der Waals surface area contributed by atoms with Crippen molar-refractivity contribution in [2.24, 2.45) is 0 Å². The highest BCUT2D eigenvalue weighted by molar-refractivity contribution is 5.91. The highest BCUT2D eigenvalue weighted by Gasteiger charge is 2.21. The molecule has 1 amide bonds. The molecule has 0 fully saturated rings. The lowest BCUT2D eigenvalue weighted by molar-refractivity contribution is 0.0882. The third-order valence-corrected chi connectivity index (χ3v) is 4.57. The predicted molar refractivity (Wildman–Crippen MR) is 97.2 cm³/mol. The predicted octanol–water partition coefficient (Wildman–Crippen LogP) is 3.53. The van der Waals surface area contributed by atoms with E-state index >= 15 is 0 Å². The second kappa shape index (κ2) is 7.61. The minimum atomic E-state index is -0.324. The van der Waals surface area contributed by atoms with E-state index in [1.807, 2.05) is 18.2 Å². The minimum Gasteiger partial charge on any atom is -0.488 e. The fourth-order valence-electron chi connectivity index (χ4n) is 3.13. The maximum Gasteiger partial charge on any atom is 0.290 e. The van der Waals surface area contributed by atoms with Crippen molar-refractivity contribution < 1.29 is 18.4 Å². The Bertz CT molecular complexity index is 937. The highest BCUT2D eigenvalue weighted by atomic mass is 19.1. The van der Waals surface area contributed by atoms with Gasteiger partial charge in [-0.25, -0.2) is 4.39 Å². The smallest absolute Gasteiger partial charge is 0.290 e. The van der Waals surface area contributed by atoms with Crippen LogP contribution in [0.4, 0.5) is 4.39 Å². The van der Waals surface area contributed by atoms with Crippen LogP contribution in [0.3, 0.4) is 0 Å². The summed E-state index contributed by atoms with van der Waals surface area (Å²) in [6.45, 7) is 0.404. The third-order valence-electron chi connectivity index (χ3n) is 4.57. The van der Waals surface area contributed by atoms with E-state index in [1.54, 1.807) is 18.2 Å². The summed E-state index contributed by atoms with van der Waals surface area (Å²) < 4.78 is 24.0. The van der Waals surface area contributed by atoms with E-state index in [-0.39, 0.29) is 23.6 Å². The molecule has 138 valence electrons. The number of hydrogen-bond acceptors (Lipinski definition) is 4. The quantitative estimate of drug-likeness (QED) is 0.750. The van der Waals surface area contributed by atoms with Gasteiger partial charge in [-0.15, -0.1) is 0 Å². The highest BCUT2D eigenvalue weighted by Crippen LogP contribution is 2.26. The van der Waals surface area contributed by atoms with Crippen LogP contribution in [0, 0.1) is 5.82 Å². The lowest BCUT2D eigenvalue weighted by Gasteiger charge is -2.26. The van der Waals surface area contributed by atoms with Gasteiger partial charge in [0.05, 0.1) is 12.2 Å². The Balaban J connectivity index is 1.31. The van der Waals surface area contributed by atoms with Gasteiger partial charge in [0.25, 0.3) is 5.91 Å². The molecule has 1 aliphatic rings. The van der Waals surface area contributed by atoms with Gasteiger partial charge < -0.3 is 14.6 Å². The molecule has 0 aliphatic carbocycles. The van der Waals surface area contributed by atoms with Crippen molar-refractivity contribution in [3.63, 3.8) is 0 Å². The van der Waals surface area contributed by atoms with Crippen LogP contribution in [0.15, 0.2) is 59.1 Å². The number of aryl methyl sites for hydroxylation is 1. The van der Waals surface area contributed by atoms with Gasteiger partial charge in [0.15, 0.2) is 0 Å². The molecular formula is C21H19FN2O3. The Morgan fingerprint density at radius 3 is 2.85 bits per heavy atom. The topological polar surface area (TPSA) is 64.4 Å². The van der Waals surface area contributed by atoms with Crippen molar-refractivity contribution in [3.8, 4) is 5.75 Å². The normalized spacial score (nSPS) is 15.7. The fraction of sp³-hybridized carbons (Fsp3) is 0.238. The molecule has 0 spiro atoms. The zero-order valence-electron chi connectivity index (χ0n) is 14.7. The molecule has 0 unspecified atom stereocenters. The molecule has 1 aliphatic heterocycles. The SMILES string of the molecule is O=C(NC[C@H]1CCc2ccccc2O1)c1cc(Cc2ccc(F)cc2)no1. The van der Waals surface area contributed by atoms with Gasteiger partial charge in [0.1, 0.15) is 17.7 Å². The van der Waals surface area contributed by atoms with Gasteiger partial charge in [0.2, 0.25) is 5.76 Å². The summed E-state index contributed by atoms with van der Waals surface area (Å²) >= 11 is 0. The van der Waals surface area contributed by atoms with Crippen molar-refractivity contribution >= 4 is 5.91 Å². The van der Waals surface area contributed by atoms with Crippen LogP contribution in [0.1, 0.15) is 33.8 Å². The number of para-hydroxylation sites is 1. The van der Waals surface area contributed by atoms with E-state index in [4.69, 9.17) is 9.26 Å². The van der Waals surface area contributed by atoms with Crippen LogP contribution in [-0.4, -0.2) is 23.7 Å². The first-order chi connectivity index (χ1) is 13.2. The number of hydrogen-bond donors (Lipinski definition) is 1. The van der Waals surface area contributed by atoms with E-state index in [0.29, 0.717) is 18.7 Å². The number of nitrogens with zero attached hydrogens (tertiary/aromatic N) is 1. The van der Waals surface area contributed by atoms with Crippen molar-refractivity contribution in [3.05, 3.63) is 83.0 Å². The first-order valence-corrected chi connectivity index (χ1v) is 8.90. The van der Waals surface area contributed by atoms with Crippen LogP contribution in [0.2, 0.25) is 0 Å². The van der Waals surface area contributed by atoms with Crippen molar-refractivity contribution in [2.75, 3.05) is 6.54 Å².